The first-order valence-electron chi connectivity index (χ1n) is 4.59. The van der Waals surface area contributed by atoms with Crippen molar-refractivity contribution in [3.8, 4) is 11.5 Å². The molecule has 0 unspecified atom stereocenters. The fourth-order valence-electron chi connectivity index (χ4n) is 0.976. The van der Waals surface area contributed by atoms with Gasteiger partial charge in [-0.3, -0.25) is 0 Å². The second-order valence-electron chi connectivity index (χ2n) is 4.33. The highest BCUT2D eigenvalue weighted by molar-refractivity contribution is 6.83. The van der Waals surface area contributed by atoms with Crippen molar-refractivity contribution < 1.29 is 9.90 Å². The van der Waals surface area contributed by atoms with Crippen molar-refractivity contribution >= 4 is 14.0 Å². The predicted molar refractivity (Wildman–Crippen MR) is 60.4 cm³/mol. The van der Waals surface area contributed by atoms with Gasteiger partial charge in [0.05, 0.1) is 6.20 Å². The molecule has 80 valence electrons. The monoisotopic (exact) mass is 222 g/mol. The molecular weight excluding hydrogens is 208 g/mol. The van der Waals surface area contributed by atoms with Gasteiger partial charge in [0.15, 0.2) is 0 Å². The summed E-state index contributed by atoms with van der Waals surface area (Å²) in [6.45, 7) is 6.40. The van der Waals surface area contributed by atoms with E-state index in [9.17, 15) is 4.79 Å². The van der Waals surface area contributed by atoms with Crippen LogP contribution in [0.25, 0.3) is 0 Å². The lowest BCUT2D eigenvalue weighted by Crippen LogP contribution is -2.16. The fourth-order valence-corrected chi connectivity index (χ4v) is 1.48. The van der Waals surface area contributed by atoms with Crippen LogP contribution in [0.3, 0.4) is 0 Å². The zero-order chi connectivity index (χ0) is 11.6. The highest BCUT2D eigenvalue weighted by atomic mass is 28.3. The topological polar surface area (TPSA) is 55.1 Å². The molecule has 1 heterocycles. The first-order chi connectivity index (χ1) is 6.81. The number of nitrogens with zero attached hydrogens (tertiary/aromatic N) is 2. The smallest absolute Gasteiger partial charge is 0.372 e. The molecule has 0 spiro atoms. The Hall–Kier alpha value is -1.54. The van der Waals surface area contributed by atoms with Crippen molar-refractivity contribution in [2.45, 2.75) is 19.6 Å². The first kappa shape index (κ1) is 11.5. The van der Waals surface area contributed by atoms with Crippen molar-refractivity contribution in [3.63, 3.8) is 0 Å². The number of carbonyl (C=O) groups is 1. The molecule has 0 aliphatic heterocycles. The number of carboxylic acid groups (broad SMARTS) is 1. The van der Waals surface area contributed by atoms with E-state index in [0.717, 1.165) is 0 Å². The Labute approximate surface area is 90.0 Å². The second kappa shape index (κ2) is 3.91. The Morgan fingerprint density at radius 3 is 2.53 bits per heavy atom. The van der Waals surface area contributed by atoms with Gasteiger partial charge in [-0.2, -0.15) is 0 Å². The molecule has 0 saturated carbocycles. The zero-order valence-electron chi connectivity index (χ0n) is 9.33. The largest absolute Gasteiger partial charge is 0.475 e. The molecular formula is C10H14N2O2Si. The van der Waals surface area contributed by atoms with Crippen LogP contribution in [0.5, 0.6) is 0 Å². The van der Waals surface area contributed by atoms with E-state index in [1.165, 1.54) is 10.8 Å². The molecule has 0 aromatic carbocycles. The van der Waals surface area contributed by atoms with Gasteiger partial charge in [0.25, 0.3) is 0 Å². The molecule has 1 rings (SSSR count). The number of carboxylic acids is 1. The van der Waals surface area contributed by atoms with Gasteiger partial charge >= 0.3 is 5.97 Å². The molecule has 0 aliphatic carbocycles. The molecule has 0 aliphatic rings. The summed E-state index contributed by atoms with van der Waals surface area (Å²) < 4.78 is 1.50. The Balaban J connectivity index is 3.07. The van der Waals surface area contributed by atoms with E-state index in [4.69, 9.17) is 5.11 Å². The van der Waals surface area contributed by atoms with Crippen LogP contribution in [0.4, 0.5) is 0 Å². The Morgan fingerprint density at radius 1 is 1.53 bits per heavy atom. The third-order valence-electron chi connectivity index (χ3n) is 1.75. The van der Waals surface area contributed by atoms with Gasteiger partial charge in [0.2, 0.25) is 5.82 Å². The van der Waals surface area contributed by atoms with Crippen LogP contribution in [-0.4, -0.2) is 28.7 Å². The summed E-state index contributed by atoms with van der Waals surface area (Å²) in [5.41, 5.74) is 3.81. The summed E-state index contributed by atoms with van der Waals surface area (Å²) in [4.78, 5) is 14.5. The summed E-state index contributed by atoms with van der Waals surface area (Å²) in [6, 6.07) is 0. The molecule has 1 N–H and O–H groups in total. The van der Waals surface area contributed by atoms with Crippen LogP contribution < -0.4 is 0 Å². The van der Waals surface area contributed by atoms with E-state index < -0.39 is 14.0 Å². The molecule has 0 radical (unpaired) electrons. The lowest BCUT2D eigenvalue weighted by atomic mass is 10.5. The van der Waals surface area contributed by atoms with E-state index in [1.807, 2.05) is 0 Å². The van der Waals surface area contributed by atoms with E-state index >= 15 is 0 Å². The van der Waals surface area contributed by atoms with Crippen LogP contribution in [-0.2, 0) is 7.05 Å². The lowest BCUT2D eigenvalue weighted by Gasteiger charge is -2.03. The van der Waals surface area contributed by atoms with E-state index in [2.05, 4.69) is 36.1 Å². The predicted octanol–water partition coefficient (Wildman–Crippen LogP) is 1.35. The molecule has 0 saturated heterocycles. The van der Waals surface area contributed by atoms with Gasteiger partial charge < -0.3 is 9.67 Å². The molecule has 0 atom stereocenters. The molecule has 15 heavy (non-hydrogen) atoms. The second-order valence-corrected chi connectivity index (χ2v) is 9.08. The normalized spacial score (nSPS) is 10.7. The molecule has 0 amide bonds. The van der Waals surface area contributed by atoms with Crippen molar-refractivity contribution in [3.05, 3.63) is 17.7 Å². The summed E-state index contributed by atoms with van der Waals surface area (Å²) in [6.07, 6.45) is 1.50. The number of imidazole rings is 1. The summed E-state index contributed by atoms with van der Waals surface area (Å²) in [5.74, 6) is 1.97. The van der Waals surface area contributed by atoms with Crippen molar-refractivity contribution in [2.75, 3.05) is 0 Å². The third-order valence-corrected chi connectivity index (χ3v) is 2.62. The van der Waals surface area contributed by atoms with Gasteiger partial charge in [0.1, 0.15) is 13.8 Å². The Bertz CT molecular complexity index is 446. The van der Waals surface area contributed by atoms with E-state index in [0.29, 0.717) is 5.69 Å². The maximum atomic E-state index is 10.7. The fraction of sp³-hybridized carbons (Fsp3) is 0.400. The number of aromatic carboxylic acids is 1. The highest BCUT2D eigenvalue weighted by Gasteiger charge is 2.12. The van der Waals surface area contributed by atoms with E-state index in [1.54, 1.807) is 7.05 Å². The minimum absolute atomic E-state index is 0.0230. The summed E-state index contributed by atoms with van der Waals surface area (Å²) in [7, 11) is 0.227. The quantitative estimate of drug-likeness (QED) is 0.576. The summed E-state index contributed by atoms with van der Waals surface area (Å²) in [5, 5.41) is 8.78. The molecule has 1 aromatic heterocycles. The van der Waals surface area contributed by atoms with Gasteiger partial charge in [-0.1, -0.05) is 25.6 Å². The van der Waals surface area contributed by atoms with Crippen LogP contribution in [0.15, 0.2) is 6.20 Å². The van der Waals surface area contributed by atoms with Crippen molar-refractivity contribution in [2.24, 2.45) is 7.05 Å². The molecule has 5 heteroatoms. The van der Waals surface area contributed by atoms with E-state index in [-0.39, 0.29) is 5.82 Å². The first-order valence-corrected chi connectivity index (χ1v) is 8.09. The number of aromatic nitrogens is 2. The van der Waals surface area contributed by atoms with Crippen LogP contribution in [0.1, 0.15) is 16.3 Å². The lowest BCUT2D eigenvalue weighted by molar-refractivity contribution is 0.0679. The molecule has 0 fully saturated rings. The van der Waals surface area contributed by atoms with Gasteiger partial charge in [-0.25, -0.2) is 9.78 Å². The number of rotatable bonds is 1. The van der Waals surface area contributed by atoms with Crippen LogP contribution in [0.2, 0.25) is 19.6 Å². The van der Waals surface area contributed by atoms with Crippen LogP contribution >= 0.6 is 0 Å². The van der Waals surface area contributed by atoms with Crippen molar-refractivity contribution in [1.29, 1.82) is 0 Å². The Morgan fingerprint density at radius 2 is 2.13 bits per heavy atom. The van der Waals surface area contributed by atoms with Crippen molar-refractivity contribution in [1.82, 2.24) is 9.55 Å². The van der Waals surface area contributed by atoms with Gasteiger partial charge in [0, 0.05) is 7.05 Å². The zero-order valence-corrected chi connectivity index (χ0v) is 10.3. The van der Waals surface area contributed by atoms with Crippen LogP contribution in [0, 0.1) is 11.5 Å². The standard InChI is InChI=1S/C10H14N2O2Si/c1-12-8(5-6-15(2,3)4)7-11-9(12)10(13)14/h7H,1-4H3,(H,13,14). The highest BCUT2D eigenvalue weighted by Crippen LogP contribution is 2.03. The average Bonchev–Trinajstić information content (AvgIpc) is 2.42. The maximum absolute atomic E-state index is 10.7. The average molecular weight is 222 g/mol. The number of hydrogen-bond acceptors (Lipinski definition) is 2. The number of hydrogen-bond donors (Lipinski definition) is 1. The third kappa shape index (κ3) is 2.96. The summed E-state index contributed by atoms with van der Waals surface area (Å²) >= 11 is 0. The van der Waals surface area contributed by atoms with Gasteiger partial charge in [-0.05, 0) is 0 Å². The minimum Gasteiger partial charge on any atom is -0.475 e. The maximum Gasteiger partial charge on any atom is 0.372 e. The SMILES string of the molecule is Cn1c(C#C[Si](C)(C)C)cnc1C(=O)O. The molecule has 4 nitrogen and oxygen atoms in total. The minimum atomic E-state index is -1.43. The molecule has 1 aromatic rings. The molecule has 0 bridgehead atoms. The Kier molecular flexibility index (Phi) is 3.00. The van der Waals surface area contributed by atoms with Gasteiger partial charge in [-0.15, -0.1) is 5.54 Å².